The van der Waals surface area contributed by atoms with Crippen molar-refractivity contribution in [1.82, 2.24) is 14.9 Å². The van der Waals surface area contributed by atoms with Gasteiger partial charge in [0.2, 0.25) is 5.71 Å². The summed E-state index contributed by atoms with van der Waals surface area (Å²) in [5.41, 5.74) is 0.730. The third-order valence-electron chi connectivity index (χ3n) is 7.46. The number of aryl methyl sites for hydroxylation is 2. The molecule has 1 N–H and O–H groups in total. The Morgan fingerprint density at radius 3 is 2.50 bits per heavy atom. The lowest BCUT2D eigenvalue weighted by molar-refractivity contribution is -0.0607. The minimum Gasteiger partial charge on any atom is -0.442 e. The molecule has 2 heterocycles. The molecule has 4 bridgehead atoms. The summed E-state index contributed by atoms with van der Waals surface area (Å²) in [5, 5.41) is 3.44. The van der Waals surface area contributed by atoms with Crippen molar-refractivity contribution in [2.24, 2.45) is 30.2 Å². The predicted octanol–water partition coefficient (Wildman–Crippen LogP) is 3.56. The maximum atomic E-state index is 13.1. The Morgan fingerprint density at radius 1 is 1.29 bits per heavy atom. The van der Waals surface area contributed by atoms with Gasteiger partial charge in [-0.05, 0) is 82.0 Å². The third-order valence-corrected chi connectivity index (χ3v) is 7.46. The molecule has 6 heteroatoms. The number of hydrogen-bond acceptors (Lipinski definition) is 4. The first kappa shape index (κ1) is 18.0. The zero-order chi connectivity index (χ0) is 19.6. The summed E-state index contributed by atoms with van der Waals surface area (Å²) >= 11 is 0. The van der Waals surface area contributed by atoms with Gasteiger partial charge < -0.3 is 14.3 Å². The minimum atomic E-state index is -0.249. The first-order valence-corrected chi connectivity index (χ1v) is 10.6. The number of hydrogen-bond donors (Lipinski definition) is 1. The lowest BCUT2D eigenvalue weighted by Crippen LogP contribution is -2.49. The van der Waals surface area contributed by atoms with Gasteiger partial charge in [-0.1, -0.05) is 0 Å². The van der Waals surface area contributed by atoms with E-state index in [0.717, 1.165) is 24.2 Å². The van der Waals surface area contributed by atoms with Gasteiger partial charge in [-0.3, -0.25) is 9.59 Å². The Hall–Kier alpha value is -2.11. The number of fused-ring (bicyclic) bond motifs is 1. The second-order valence-corrected chi connectivity index (χ2v) is 9.87. The van der Waals surface area contributed by atoms with E-state index in [2.05, 4.69) is 17.2 Å². The molecule has 1 atom stereocenters. The molecule has 6 rings (SSSR count). The Bertz CT molecular complexity index is 967. The summed E-state index contributed by atoms with van der Waals surface area (Å²) in [6, 6.07) is 0.0774. The molecule has 0 radical (unpaired) electrons. The highest BCUT2D eigenvalue weighted by atomic mass is 16.3. The lowest BCUT2D eigenvalue weighted by Gasteiger charge is -2.57. The van der Waals surface area contributed by atoms with Crippen molar-refractivity contribution >= 4 is 17.0 Å². The summed E-state index contributed by atoms with van der Waals surface area (Å²) in [6.07, 6.45) is 10.7. The fourth-order valence-electron chi connectivity index (χ4n) is 7.00. The third kappa shape index (κ3) is 2.80. The molecular formula is C22H29N3O3. The van der Waals surface area contributed by atoms with Crippen LogP contribution >= 0.6 is 0 Å². The maximum absolute atomic E-state index is 13.1. The van der Waals surface area contributed by atoms with Gasteiger partial charge in [-0.25, -0.2) is 4.98 Å². The largest absolute Gasteiger partial charge is 0.442 e. The van der Waals surface area contributed by atoms with Gasteiger partial charge in [-0.2, -0.15) is 0 Å². The Balaban J connectivity index is 1.36. The van der Waals surface area contributed by atoms with Crippen LogP contribution in [0.5, 0.6) is 0 Å². The lowest BCUT2D eigenvalue weighted by atomic mass is 9.48. The topological polar surface area (TPSA) is 77.1 Å². The Morgan fingerprint density at radius 2 is 1.89 bits per heavy atom. The second-order valence-electron chi connectivity index (χ2n) is 9.87. The molecule has 0 saturated heterocycles. The molecule has 1 amide bonds. The van der Waals surface area contributed by atoms with Gasteiger partial charge in [0.25, 0.3) is 11.5 Å². The van der Waals surface area contributed by atoms with Gasteiger partial charge in [0.05, 0.1) is 5.56 Å². The average molecular weight is 383 g/mol. The monoisotopic (exact) mass is 383 g/mol. The van der Waals surface area contributed by atoms with Crippen molar-refractivity contribution in [1.29, 1.82) is 0 Å². The molecule has 4 saturated carbocycles. The van der Waals surface area contributed by atoms with Crippen molar-refractivity contribution in [2.75, 3.05) is 0 Å². The van der Waals surface area contributed by atoms with E-state index in [1.165, 1.54) is 49.4 Å². The Labute approximate surface area is 164 Å². The normalized spacial score (nSPS) is 32.0. The molecule has 6 nitrogen and oxygen atoms in total. The molecule has 0 aromatic carbocycles. The van der Waals surface area contributed by atoms with E-state index in [9.17, 15) is 9.59 Å². The van der Waals surface area contributed by atoms with Crippen LogP contribution in [-0.4, -0.2) is 21.5 Å². The van der Waals surface area contributed by atoms with Crippen molar-refractivity contribution in [3.05, 3.63) is 28.0 Å². The number of carbonyl (C=O) groups excluding carboxylic acids is 1. The SMILES string of the molecule is Cc1oc2ncn(C)c(=O)c2c1C(=O)N[C@@H](C)CC12CC3CC(CC(C3)C1)C2. The molecular weight excluding hydrogens is 354 g/mol. The van der Waals surface area contributed by atoms with E-state index in [4.69, 9.17) is 4.42 Å². The first-order chi connectivity index (χ1) is 13.3. The number of nitrogens with one attached hydrogen (secondary N) is 1. The van der Waals surface area contributed by atoms with Crippen LogP contribution in [0, 0.1) is 30.1 Å². The standard InChI is InChI=1S/C22H29N3O3/c1-12(7-22-8-14-4-15(9-22)6-16(5-14)10-22)24-19(26)17-13(2)28-20-18(17)21(27)25(3)11-23-20/h11-12,14-16H,4-10H2,1-3H3,(H,24,26)/t12-,14?,15?,16?,22?/m0/s1. The fourth-order valence-corrected chi connectivity index (χ4v) is 7.00. The highest BCUT2D eigenvalue weighted by Gasteiger charge is 2.51. The summed E-state index contributed by atoms with van der Waals surface area (Å²) in [5.74, 6) is 2.94. The van der Waals surface area contributed by atoms with Crippen molar-refractivity contribution < 1.29 is 9.21 Å². The number of furan rings is 1. The van der Waals surface area contributed by atoms with E-state index >= 15 is 0 Å². The second kappa shape index (κ2) is 6.19. The number of nitrogens with zero attached hydrogens (tertiary/aromatic N) is 2. The van der Waals surface area contributed by atoms with Gasteiger partial charge in [-0.15, -0.1) is 0 Å². The highest BCUT2D eigenvalue weighted by molar-refractivity contribution is 6.06. The van der Waals surface area contributed by atoms with E-state index < -0.39 is 0 Å². The number of aromatic nitrogens is 2. The summed E-state index contributed by atoms with van der Waals surface area (Å²) in [7, 11) is 1.63. The van der Waals surface area contributed by atoms with E-state index in [-0.39, 0.29) is 28.6 Å². The molecule has 2 aromatic rings. The average Bonchev–Trinajstić information content (AvgIpc) is 2.93. The summed E-state index contributed by atoms with van der Waals surface area (Å²) in [6.45, 7) is 3.82. The molecule has 0 spiro atoms. The molecule has 150 valence electrons. The number of carbonyl (C=O) groups is 1. The Kier molecular flexibility index (Phi) is 3.97. The van der Waals surface area contributed by atoms with Crippen LogP contribution in [0.1, 0.15) is 68.0 Å². The fraction of sp³-hybridized carbons (Fsp3) is 0.682. The molecule has 4 aliphatic rings. The van der Waals surface area contributed by atoms with E-state index in [1.54, 1.807) is 14.0 Å². The van der Waals surface area contributed by atoms with Crippen molar-refractivity contribution in [3.8, 4) is 0 Å². The molecule has 0 unspecified atom stereocenters. The van der Waals surface area contributed by atoms with Crippen LogP contribution in [0.15, 0.2) is 15.5 Å². The molecule has 28 heavy (non-hydrogen) atoms. The summed E-state index contributed by atoms with van der Waals surface area (Å²) < 4.78 is 6.97. The predicted molar refractivity (Wildman–Crippen MR) is 106 cm³/mol. The minimum absolute atomic E-state index is 0.0774. The zero-order valence-electron chi connectivity index (χ0n) is 17.0. The molecule has 2 aromatic heterocycles. The van der Waals surface area contributed by atoms with Crippen LogP contribution in [0.4, 0.5) is 0 Å². The van der Waals surface area contributed by atoms with Gasteiger partial charge >= 0.3 is 0 Å². The van der Waals surface area contributed by atoms with Crippen LogP contribution in [0.3, 0.4) is 0 Å². The quantitative estimate of drug-likeness (QED) is 0.876. The molecule has 0 aliphatic heterocycles. The smallest absolute Gasteiger partial charge is 0.265 e. The highest BCUT2D eigenvalue weighted by Crippen LogP contribution is 2.61. The summed E-state index contributed by atoms with van der Waals surface area (Å²) in [4.78, 5) is 29.7. The van der Waals surface area contributed by atoms with E-state index in [1.807, 2.05) is 0 Å². The molecule has 4 aliphatic carbocycles. The van der Waals surface area contributed by atoms with Gasteiger partial charge in [0, 0.05) is 13.1 Å². The van der Waals surface area contributed by atoms with Crippen LogP contribution in [0.2, 0.25) is 0 Å². The first-order valence-electron chi connectivity index (χ1n) is 10.6. The maximum Gasteiger partial charge on any atom is 0.265 e. The van der Waals surface area contributed by atoms with Crippen LogP contribution in [0.25, 0.3) is 11.1 Å². The number of rotatable bonds is 4. The van der Waals surface area contributed by atoms with Crippen molar-refractivity contribution in [3.63, 3.8) is 0 Å². The number of amides is 1. The van der Waals surface area contributed by atoms with Crippen LogP contribution in [-0.2, 0) is 7.05 Å². The van der Waals surface area contributed by atoms with E-state index in [0.29, 0.717) is 16.7 Å². The van der Waals surface area contributed by atoms with Crippen LogP contribution < -0.4 is 10.9 Å². The van der Waals surface area contributed by atoms with Crippen molar-refractivity contribution in [2.45, 2.75) is 64.8 Å². The van der Waals surface area contributed by atoms with Gasteiger partial charge in [0.1, 0.15) is 17.5 Å². The van der Waals surface area contributed by atoms with Gasteiger partial charge in [0.15, 0.2) is 0 Å². The molecule has 4 fully saturated rings. The zero-order valence-corrected chi connectivity index (χ0v) is 17.0.